The molecule has 0 unspecified atom stereocenters. The Morgan fingerprint density at radius 1 is 0.625 bits per heavy atom. The maximum absolute atomic E-state index is 9.04. The number of fused-ring (bicyclic) bond motifs is 3. The molecule has 2 bridgehead atoms. The largest absolute Gasteiger partial charge is 1.00 e. The fourth-order valence-corrected chi connectivity index (χ4v) is 3.04. The van der Waals surface area contributed by atoms with E-state index >= 15 is 0 Å². The molecule has 98 valence electrons. The predicted octanol–water partition coefficient (Wildman–Crippen LogP) is -7.36. The summed E-state index contributed by atoms with van der Waals surface area (Å²) in [7, 11) is 0. The van der Waals surface area contributed by atoms with E-state index in [2.05, 4.69) is 0 Å². The molecule has 0 amide bonds. The van der Waals surface area contributed by atoms with E-state index in [1.165, 1.54) is 39.3 Å². The number of piperazine rings is 3. The average Bonchev–Trinajstić information content (AvgIpc) is 2.22. The van der Waals surface area contributed by atoms with Gasteiger partial charge in [-0.15, -0.1) is 0 Å². The summed E-state index contributed by atoms with van der Waals surface area (Å²) in [6, 6.07) is 0. The minimum absolute atomic E-state index is 0. The fourth-order valence-electron chi connectivity index (χ4n) is 3.04. The number of halogens is 2. The zero-order valence-corrected chi connectivity index (χ0v) is 11.1. The first-order chi connectivity index (χ1) is 6.74. The lowest BCUT2D eigenvalue weighted by molar-refractivity contribution is -1.08. The van der Waals surface area contributed by atoms with Crippen LogP contribution in [0.4, 0.5) is 0 Å². The van der Waals surface area contributed by atoms with Crippen LogP contribution in [0.25, 0.3) is 0 Å². The van der Waals surface area contributed by atoms with Crippen LogP contribution < -0.4 is 24.8 Å². The van der Waals surface area contributed by atoms with Crippen LogP contribution >= 0.6 is 0 Å². The van der Waals surface area contributed by atoms with Crippen molar-refractivity contribution in [3.05, 3.63) is 0 Å². The minimum atomic E-state index is 0. The van der Waals surface area contributed by atoms with Gasteiger partial charge in [-0.05, 0) is 0 Å². The molecule has 3 rings (SSSR count). The highest BCUT2D eigenvalue weighted by atomic mass is 35.5. The second-order valence-corrected chi connectivity index (χ2v) is 4.92. The highest BCUT2D eigenvalue weighted by Crippen LogP contribution is 2.25. The molecule has 0 spiro atoms. The summed E-state index contributed by atoms with van der Waals surface area (Å²) in [6.45, 7) is 9.67. The quantitative estimate of drug-likeness (QED) is 0.500. The summed E-state index contributed by atoms with van der Waals surface area (Å²) in [5, 5.41) is 18.1. The van der Waals surface area contributed by atoms with Crippen LogP contribution in [0.2, 0.25) is 0 Å². The van der Waals surface area contributed by atoms with Gasteiger partial charge in [0.05, 0.1) is 13.2 Å². The highest BCUT2D eigenvalue weighted by molar-refractivity contribution is 4.61. The molecule has 0 saturated carbocycles. The van der Waals surface area contributed by atoms with Crippen molar-refractivity contribution in [2.24, 2.45) is 0 Å². The van der Waals surface area contributed by atoms with Crippen molar-refractivity contribution in [1.29, 1.82) is 0 Å². The van der Waals surface area contributed by atoms with Gasteiger partial charge in [0.2, 0.25) is 0 Å². The third kappa shape index (κ3) is 3.00. The Kier molecular flexibility index (Phi) is 6.55. The van der Waals surface area contributed by atoms with Crippen molar-refractivity contribution in [2.45, 2.75) is 0 Å². The van der Waals surface area contributed by atoms with Crippen LogP contribution in [0.1, 0.15) is 0 Å². The summed E-state index contributed by atoms with van der Waals surface area (Å²) in [5.74, 6) is 0. The monoisotopic (exact) mass is 272 g/mol. The van der Waals surface area contributed by atoms with Gasteiger partial charge >= 0.3 is 0 Å². The molecule has 3 aliphatic heterocycles. The Labute approximate surface area is 110 Å². The summed E-state index contributed by atoms with van der Waals surface area (Å²) >= 11 is 0. The van der Waals surface area contributed by atoms with E-state index in [-0.39, 0.29) is 24.8 Å². The number of hydrogen-bond donors (Lipinski definition) is 2. The molecule has 0 aromatic rings. The third-order valence-corrected chi connectivity index (χ3v) is 4.29. The summed E-state index contributed by atoms with van der Waals surface area (Å²) < 4.78 is 2.25. The van der Waals surface area contributed by atoms with Crippen LogP contribution in [-0.2, 0) is 0 Å². The molecule has 2 N–H and O–H groups in total. The van der Waals surface area contributed by atoms with Crippen molar-refractivity contribution in [3.63, 3.8) is 0 Å². The molecule has 16 heavy (non-hydrogen) atoms. The van der Waals surface area contributed by atoms with Gasteiger partial charge in [-0.1, -0.05) is 0 Å². The molecule has 3 aliphatic rings. The van der Waals surface area contributed by atoms with Crippen LogP contribution in [0.3, 0.4) is 0 Å². The number of aliphatic hydroxyl groups excluding tert-OH is 2. The lowest BCUT2D eigenvalue weighted by Crippen LogP contribution is -3.00. The minimum Gasteiger partial charge on any atom is -1.00 e. The summed E-state index contributed by atoms with van der Waals surface area (Å²) in [6.07, 6.45) is 0. The topological polar surface area (TPSA) is 40.5 Å². The Morgan fingerprint density at radius 2 is 0.875 bits per heavy atom. The van der Waals surface area contributed by atoms with Crippen molar-refractivity contribution in [2.75, 3.05) is 65.6 Å². The number of aliphatic hydroxyl groups is 2. The zero-order chi connectivity index (χ0) is 10.1. The molecule has 3 saturated heterocycles. The number of rotatable bonds is 4. The fraction of sp³-hybridized carbons (Fsp3) is 1.00. The Bertz CT molecular complexity index is 170. The van der Waals surface area contributed by atoms with Crippen LogP contribution in [0.15, 0.2) is 0 Å². The van der Waals surface area contributed by atoms with Crippen molar-refractivity contribution in [3.8, 4) is 0 Å². The van der Waals surface area contributed by atoms with E-state index in [1.807, 2.05) is 0 Å². The van der Waals surface area contributed by atoms with Crippen LogP contribution in [0, 0.1) is 0 Å². The maximum Gasteiger partial charge on any atom is 0.129 e. The molecule has 0 aromatic heterocycles. The van der Waals surface area contributed by atoms with E-state index in [9.17, 15) is 0 Å². The van der Waals surface area contributed by atoms with Gasteiger partial charge < -0.3 is 44.0 Å². The maximum atomic E-state index is 9.04. The first-order valence-corrected chi connectivity index (χ1v) is 5.66. The van der Waals surface area contributed by atoms with E-state index in [4.69, 9.17) is 10.2 Å². The molecule has 0 radical (unpaired) electrons. The zero-order valence-electron chi connectivity index (χ0n) is 9.62. The number of hydrogen-bond acceptors (Lipinski definition) is 2. The molecular weight excluding hydrogens is 251 g/mol. The van der Waals surface area contributed by atoms with Crippen LogP contribution in [0.5, 0.6) is 0 Å². The smallest absolute Gasteiger partial charge is 0.129 e. The molecule has 0 aliphatic carbocycles. The Hall–Kier alpha value is 0.420. The lowest BCUT2D eigenvalue weighted by Gasteiger charge is -2.55. The summed E-state index contributed by atoms with van der Waals surface area (Å²) in [5.41, 5.74) is 0. The van der Waals surface area contributed by atoms with E-state index < -0.39 is 0 Å². The predicted molar refractivity (Wildman–Crippen MR) is 53.6 cm³/mol. The van der Waals surface area contributed by atoms with Gasteiger partial charge in [-0.3, -0.25) is 0 Å². The van der Waals surface area contributed by atoms with Gasteiger partial charge in [-0.2, -0.15) is 0 Å². The first kappa shape index (κ1) is 16.4. The number of quaternary nitrogens is 2. The lowest BCUT2D eigenvalue weighted by atomic mass is 10.1. The van der Waals surface area contributed by atoms with Crippen molar-refractivity contribution < 1.29 is 44.0 Å². The third-order valence-electron chi connectivity index (χ3n) is 4.29. The molecule has 0 aromatic carbocycles. The Balaban J connectivity index is 0.00000112. The second kappa shape index (κ2) is 6.38. The molecule has 3 fully saturated rings. The SMILES string of the molecule is OCC[N+]12CC[N+](CCO)(CC1)CC2.[Cl-].[Cl-]. The van der Waals surface area contributed by atoms with E-state index in [0.29, 0.717) is 13.2 Å². The molecule has 3 heterocycles. The Morgan fingerprint density at radius 3 is 1.06 bits per heavy atom. The van der Waals surface area contributed by atoms with E-state index in [1.54, 1.807) is 0 Å². The van der Waals surface area contributed by atoms with Gasteiger partial charge in [0.1, 0.15) is 52.4 Å². The van der Waals surface area contributed by atoms with Crippen molar-refractivity contribution >= 4 is 0 Å². The molecule has 6 heteroatoms. The first-order valence-electron chi connectivity index (χ1n) is 5.66. The van der Waals surface area contributed by atoms with Gasteiger partial charge in [-0.25, -0.2) is 0 Å². The average molecular weight is 273 g/mol. The van der Waals surface area contributed by atoms with Crippen molar-refractivity contribution in [1.82, 2.24) is 0 Å². The standard InChI is InChI=1S/C10H22N2O2.2ClH/c13-9-7-11-1-2-12(5-3-11,6-4-11)8-10-14;;/h13-14H,1-10H2;2*1H/q+2;;/p-2. The summed E-state index contributed by atoms with van der Waals surface area (Å²) in [4.78, 5) is 0. The molecule has 0 atom stereocenters. The van der Waals surface area contributed by atoms with Gasteiger partial charge in [0, 0.05) is 0 Å². The normalized spacial score (nSPS) is 36.4. The van der Waals surface area contributed by atoms with E-state index in [0.717, 1.165) is 22.1 Å². The highest BCUT2D eigenvalue weighted by Gasteiger charge is 2.48. The van der Waals surface area contributed by atoms with Gasteiger partial charge in [0.25, 0.3) is 0 Å². The molecular formula is C10H22Cl2N2O2. The second-order valence-electron chi connectivity index (χ2n) is 4.92. The van der Waals surface area contributed by atoms with Gasteiger partial charge in [0.15, 0.2) is 0 Å². The van der Waals surface area contributed by atoms with Crippen LogP contribution in [-0.4, -0.2) is 84.8 Å². The number of nitrogens with zero attached hydrogens (tertiary/aromatic N) is 2. The molecule has 4 nitrogen and oxygen atoms in total.